The van der Waals surface area contributed by atoms with Gasteiger partial charge >= 0.3 is 0 Å². The number of aliphatic hydroxyl groups is 1. The standard InChI is InChI=1S/C12H24N2O2/c1-9-6-14(7-10(9)13(2)3)11-8-16-5-4-12(11)15/h9-12,15H,4-8H2,1-3H3. The summed E-state index contributed by atoms with van der Waals surface area (Å²) in [6, 6.07) is 0.815. The largest absolute Gasteiger partial charge is 0.391 e. The van der Waals surface area contributed by atoms with Gasteiger partial charge < -0.3 is 14.7 Å². The highest BCUT2D eigenvalue weighted by atomic mass is 16.5. The van der Waals surface area contributed by atoms with Crippen molar-refractivity contribution in [3.8, 4) is 0 Å². The van der Waals surface area contributed by atoms with E-state index in [2.05, 4.69) is 30.8 Å². The van der Waals surface area contributed by atoms with E-state index in [1.165, 1.54) is 0 Å². The maximum Gasteiger partial charge on any atom is 0.0739 e. The first-order chi connectivity index (χ1) is 7.59. The molecule has 2 aliphatic heterocycles. The number of likely N-dealkylation sites (N-methyl/N-ethyl adjacent to an activating group) is 1. The molecule has 4 nitrogen and oxygen atoms in total. The highest BCUT2D eigenvalue weighted by molar-refractivity contribution is 4.93. The van der Waals surface area contributed by atoms with E-state index in [4.69, 9.17) is 4.74 Å². The molecule has 94 valence electrons. The van der Waals surface area contributed by atoms with Crippen LogP contribution in [0.3, 0.4) is 0 Å². The molecule has 2 heterocycles. The first kappa shape index (κ1) is 12.3. The summed E-state index contributed by atoms with van der Waals surface area (Å²) in [6.07, 6.45) is 0.573. The SMILES string of the molecule is CC1CN(C2COCCC2O)CC1N(C)C. The summed E-state index contributed by atoms with van der Waals surface area (Å²) in [5, 5.41) is 10.0. The van der Waals surface area contributed by atoms with Crippen LogP contribution in [-0.2, 0) is 4.74 Å². The van der Waals surface area contributed by atoms with Gasteiger partial charge in [-0.25, -0.2) is 0 Å². The van der Waals surface area contributed by atoms with E-state index in [0.717, 1.165) is 19.5 Å². The van der Waals surface area contributed by atoms with Gasteiger partial charge in [0.05, 0.1) is 18.8 Å². The number of aliphatic hydroxyl groups excluding tert-OH is 1. The Labute approximate surface area is 98.2 Å². The van der Waals surface area contributed by atoms with Crippen LogP contribution in [0.15, 0.2) is 0 Å². The molecule has 2 fully saturated rings. The Morgan fingerprint density at radius 2 is 2.06 bits per heavy atom. The van der Waals surface area contributed by atoms with E-state index >= 15 is 0 Å². The van der Waals surface area contributed by atoms with Gasteiger partial charge in [-0.1, -0.05) is 6.92 Å². The molecule has 4 atom stereocenters. The summed E-state index contributed by atoms with van der Waals surface area (Å²) >= 11 is 0. The molecule has 0 aromatic rings. The second-order valence-corrected chi connectivity index (χ2v) is 5.46. The summed E-state index contributed by atoms with van der Waals surface area (Å²) < 4.78 is 5.48. The Morgan fingerprint density at radius 1 is 1.31 bits per heavy atom. The fraction of sp³-hybridized carbons (Fsp3) is 1.00. The van der Waals surface area contributed by atoms with Crippen molar-refractivity contribution < 1.29 is 9.84 Å². The molecule has 2 saturated heterocycles. The van der Waals surface area contributed by atoms with Gasteiger partial charge in [-0.3, -0.25) is 4.90 Å². The molecule has 2 aliphatic rings. The zero-order valence-corrected chi connectivity index (χ0v) is 10.6. The van der Waals surface area contributed by atoms with E-state index in [-0.39, 0.29) is 12.1 Å². The lowest BCUT2D eigenvalue weighted by Crippen LogP contribution is -2.49. The number of nitrogens with zero attached hydrogens (tertiary/aromatic N) is 2. The van der Waals surface area contributed by atoms with Gasteiger partial charge in [0, 0.05) is 25.7 Å². The molecular formula is C12H24N2O2. The van der Waals surface area contributed by atoms with Crippen LogP contribution in [0.4, 0.5) is 0 Å². The van der Waals surface area contributed by atoms with Gasteiger partial charge in [-0.2, -0.15) is 0 Å². The summed E-state index contributed by atoms with van der Waals surface area (Å²) in [7, 11) is 4.27. The average molecular weight is 228 g/mol. The van der Waals surface area contributed by atoms with Gasteiger partial charge in [0.1, 0.15) is 0 Å². The Kier molecular flexibility index (Phi) is 3.85. The van der Waals surface area contributed by atoms with Crippen molar-refractivity contribution in [1.29, 1.82) is 0 Å². The molecular weight excluding hydrogens is 204 g/mol. The summed E-state index contributed by atoms with van der Waals surface area (Å²) in [6.45, 7) is 5.82. The minimum absolute atomic E-state index is 0.207. The Bertz CT molecular complexity index is 235. The van der Waals surface area contributed by atoms with Crippen molar-refractivity contribution in [2.45, 2.75) is 31.5 Å². The second-order valence-electron chi connectivity index (χ2n) is 5.46. The lowest BCUT2D eigenvalue weighted by Gasteiger charge is -2.35. The van der Waals surface area contributed by atoms with Crippen molar-refractivity contribution in [3.05, 3.63) is 0 Å². The monoisotopic (exact) mass is 228 g/mol. The quantitative estimate of drug-likeness (QED) is 0.723. The van der Waals surface area contributed by atoms with Gasteiger partial charge in [0.2, 0.25) is 0 Å². The highest BCUT2D eigenvalue weighted by Crippen LogP contribution is 2.25. The van der Waals surface area contributed by atoms with Crippen LogP contribution in [0, 0.1) is 5.92 Å². The Balaban J connectivity index is 1.96. The van der Waals surface area contributed by atoms with Gasteiger partial charge in [-0.15, -0.1) is 0 Å². The first-order valence-corrected chi connectivity index (χ1v) is 6.26. The summed E-state index contributed by atoms with van der Waals surface area (Å²) in [4.78, 5) is 4.69. The van der Waals surface area contributed by atoms with Crippen molar-refractivity contribution in [3.63, 3.8) is 0 Å². The second kappa shape index (κ2) is 5.00. The van der Waals surface area contributed by atoms with E-state index in [9.17, 15) is 5.11 Å². The lowest BCUT2D eigenvalue weighted by molar-refractivity contribution is -0.0565. The number of hydrogen-bond acceptors (Lipinski definition) is 4. The summed E-state index contributed by atoms with van der Waals surface area (Å²) in [5.41, 5.74) is 0. The molecule has 4 unspecified atom stereocenters. The Hall–Kier alpha value is -0.160. The third kappa shape index (κ3) is 2.40. The fourth-order valence-electron chi connectivity index (χ4n) is 2.99. The summed E-state index contributed by atoms with van der Waals surface area (Å²) in [5.74, 6) is 0.670. The molecule has 0 saturated carbocycles. The van der Waals surface area contributed by atoms with Crippen molar-refractivity contribution >= 4 is 0 Å². The van der Waals surface area contributed by atoms with Crippen LogP contribution < -0.4 is 0 Å². The average Bonchev–Trinajstić information content (AvgIpc) is 2.61. The van der Waals surface area contributed by atoms with Crippen LogP contribution >= 0.6 is 0 Å². The molecule has 0 aromatic heterocycles. The van der Waals surface area contributed by atoms with Gasteiger partial charge in [0.15, 0.2) is 0 Å². The molecule has 0 amide bonds. The van der Waals surface area contributed by atoms with Crippen LogP contribution in [0.25, 0.3) is 0 Å². The zero-order valence-electron chi connectivity index (χ0n) is 10.6. The molecule has 0 aliphatic carbocycles. The Morgan fingerprint density at radius 3 is 2.62 bits per heavy atom. The maximum absolute atomic E-state index is 10.0. The van der Waals surface area contributed by atoms with Crippen molar-refractivity contribution in [2.75, 3.05) is 40.4 Å². The normalized spacial score (nSPS) is 41.8. The molecule has 1 N–H and O–H groups in total. The highest BCUT2D eigenvalue weighted by Gasteiger charge is 2.38. The molecule has 4 heteroatoms. The third-order valence-electron chi connectivity index (χ3n) is 4.02. The smallest absolute Gasteiger partial charge is 0.0739 e. The molecule has 2 rings (SSSR count). The zero-order chi connectivity index (χ0) is 11.7. The van der Waals surface area contributed by atoms with E-state index in [1.807, 2.05) is 0 Å². The lowest BCUT2D eigenvalue weighted by atomic mass is 10.1. The first-order valence-electron chi connectivity index (χ1n) is 6.26. The van der Waals surface area contributed by atoms with Gasteiger partial charge in [0.25, 0.3) is 0 Å². The molecule has 0 bridgehead atoms. The van der Waals surface area contributed by atoms with Crippen LogP contribution in [0.2, 0.25) is 0 Å². The predicted molar refractivity (Wildman–Crippen MR) is 63.4 cm³/mol. The number of likely N-dealkylation sites (tertiary alicyclic amines) is 1. The predicted octanol–water partition coefficient (Wildman–Crippen LogP) is 0.0181. The van der Waals surface area contributed by atoms with Crippen molar-refractivity contribution in [2.24, 2.45) is 5.92 Å². The molecule has 0 aromatic carbocycles. The van der Waals surface area contributed by atoms with E-state index in [1.54, 1.807) is 0 Å². The van der Waals surface area contributed by atoms with Crippen LogP contribution in [-0.4, -0.2) is 73.5 Å². The molecule has 16 heavy (non-hydrogen) atoms. The van der Waals surface area contributed by atoms with Crippen LogP contribution in [0.5, 0.6) is 0 Å². The van der Waals surface area contributed by atoms with Crippen molar-refractivity contribution in [1.82, 2.24) is 9.80 Å². The number of ether oxygens (including phenoxy) is 1. The van der Waals surface area contributed by atoms with Crippen LogP contribution in [0.1, 0.15) is 13.3 Å². The topological polar surface area (TPSA) is 35.9 Å². The minimum atomic E-state index is -0.207. The van der Waals surface area contributed by atoms with E-state index in [0.29, 0.717) is 25.2 Å². The number of rotatable bonds is 2. The van der Waals surface area contributed by atoms with E-state index < -0.39 is 0 Å². The fourth-order valence-corrected chi connectivity index (χ4v) is 2.99. The third-order valence-corrected chi connectivity index (χ3v) is 4.02. The van der Waals surface area contributed by atoms with Gasteiger partial charge in [-0.05, 0) is 26.4 Å². The maximum atomic E-state index is 10.0. The molecule has 0 spiro atoms. The minimum Gasteiger partial charge on any atom is -0.391 e. The number of hydrogen-bond donors (Lipinski definition) is 1. The molecule has 0 radical (unpaired) electrons.